The van der Waals surface area contributed by atoms with Crippen LogP contribution in [0.2, 0.25) is 0 Å². The van der Waals surface area contributed by atoms with Gasteiger partial charge in [-0.25, -0.2) is 9.97 Å². The van der Waals surface area contributed by atoms with Crippen molar-refractivity contribution in [2.24, 2.45) is 5.92 Å². The SMILES string of the molecule is CC(O)CN1CCC(CNCc2ccnc(-c3ccccc3)n2)CC1. The molecule has 1 aromatic carbocycles. The average molecular weight is 340 g/mol. The predicted octanol–water partition coefficient (Wildman–Crippen LogP) is 2.33. The van der Waals surface area contributed by atoms with E-state index in [4.69, 9.17) is 0 Å². The van der Waals surface area contributed by atoms with Gasteiger partial charge in [0.25, 0.3) is 0 Å². The van der Waals surface area contributed by atoms with Gasteiger partial charge < -0.3 is 15.3 Å². The molecule has 0 amide bonds. The van der Waals surface area contributed by atoms with E-state index in [9.17, 15) is 5.11 Å². The summed E-state index contributed by atoms with van der Waals surface area (Å²) in [5, 5.41) is 13.0. The first-order valence-corrected chi connectivity index (χ1v) is 9.19. The number of benzene rings is 1. The molecule has 2 N–H and O–H groups in total. The molecule has 2 aromatic rings. The van der Waals surface area contributed by atoms with Crippen LogP contribution in [0.25, 0.3) is 11.4 Å². The molecule has 25 heavy (non-hydrogen) atoms. The summed E-state index contributed by atoms with van der Waals surface area (Å²) < 4.78 is 0. The Kier molecular flexibility index (Phi) is 6.50. The van der Waals surface area contributed by atoms with Gasteiger partial charge in [0.1, 0.15) is 0 Å². The van der Waals surface area contributed by atoms with Crippen LogP contribution in [0.5, 0.6) is 0 Å². The lowest BCUT2D eigenvalue weighted by Crippen LogP contribution is -2.40. The maximum Gasteiger partial charge on any atom is 0.159 e. The fourth-order valence-corrected chi connectivity index (χ4v) is 3.37. The van der Waals surface area contributed by atoms with Crippen LogP contribution >= 0.6 is 0 Å². The second-order valence-corrected chi connectivity index (χ2v) is 6.96. The maximum absolute atomic E-state index is 9.48. The number of nitrogens with one attached hydrogen (secondary N) is 1. The van der Waals surface area contributed by atoms with Crippen molar-refractivity contribution in [1.82, 2.24) is 20.2 Å². The summed E-state index contributed by atoms with van der Waals surface area (Å²) in [4.78, 5) is 11.4. The summed E-state index contributed by atoms with van der Waals surface area (Å²) in [6.45, 7) is 6.62. The molecule has 1 atom stereocenters. The van der Waals surface area contributed by atoms with E-state index in [0.717, 1.165) is 49.8 Å². The van der Waals surface area contributed by atoms with E-state index in [1.807, 2.05) is 49.5 Å². The molecule has 5 nitrogen and oxygen atoms in total. The standard InChI is InChI=1S/C20H28N4O/c1-16(25)15-24-11-8-17(9-12-24)13-21-14-19-7-10-22-20(23-19)18-5-3-2-4-6-18/h2-7,10,16-17,21,25H,8-9,11-15H2,1H3. The normalized spacial score (nSPS) is 17.5. The minimum Gasteiger partial charge on any atom is -0.392 e. The molecule has 3 rings (SSSR count). The van der Waals surface area contributed by atoms with Crippen LogP contribution in [0, 0.1) is 5.92 Å². The maximum atomic E-state index is 9.48. The molecular weight excluding hydrogens is 312 g/mol. The van der Waals surface area contributed by atoms with Crippen molar-refractivity contribution in [3.05, 3.63) is 48.3 Å². The molecule has 0 saturated carbocycles. The second kappa shape index (κ2) is 9.04. The van der Waals surface area contributed by atoms with Gasteiger partial charge in [0.05, 0.1) is 11.8 Å². The molecule has 1 aliphatic rings. The minimum atomic E-state index is -0.230. The quantitative estimate of drug-likeness (QED) is 0.810. The lowest BCUT2D eigenvalue weighted by molar-refractivity contribution is 0.0998. The van der Waals surface area contributed by atoms with E-state index in [0.29, 0.717) is 5.92 Å². The van der Waals surface area contributed by atoms with Crippen LogP contribution < -0.4 is 5.32 Å². The summed E-state index contributed by atoms with van der Waals surface area (Å²) in [6.07, 6.45) is 3.99. The molecule has 0 aliphatic carbocycles. The van der Waals surface area contributed by atoms with Gasteiger partial charge in [-0.15, -0.1) is 0 Å². The van der Waals surface area contributed by atoms with Crippen molar-refractivity contribution in [2.75, 3.05) is 26.2 Å². The van der Waals surface area contributed by atoms with E-state index >= 15 is 0 Å². The topological polar surface area (TPSA) is 61.3 Å². The van der Waals surface area contributed by atoms with E-state index < -0.39 is 0 Å². The highest BCUT2D eigenvalue weighted by Gasteiger charge is 2.19. The van der Waals surface area contributed by atoms with Crippen LogP contribution in [0.1, 0.15) is 25.5 Å². The molecule has 1 saturated heterocycles. The van der Waals surface area contributed by atoms with Crippen molar-refractivity contribution >= 4 is 0 Å². The third-order valence-corrected chi connectivity index (χ3v) is 4.71. The van der Waals surface area contributed by atoms with Gasteiger partial charge in [-0.05, 0) is 51.4 Å². The first-order chi connectivity index (χ1) is 12.2. The lowest BCUT2D eigenvalue weighted by atomic mass is 9.96. The van der Waals surface area contributed by atoms with Crippen molar-refractivity contribution in [3.8, 4) is 11.4 Å². The van der Waals surface area contributed by atoms with Crippen LogP contribution in [-0.2, 0) is 6.54 Å². The largest absolute Gasteiger partial charge is 0.392 e. The Bertz CT molecular complexity index is 639. The molecule has 0 spiro atoms. The smallest absolute Gasteiger partial charge is 0.159 e. The Morgan fingerprint density at radius 2 is 1.96 bits per heavy atom. The number of aromatic nitrogens is 2. The predicted molar refractivity (Wildman–Crippen MR) is 100 cm³/mol. The van der Waals surface area contributed by atoms with E-state index in [-0.39, 0.29) is 6.10 Å². The molecular formula is C20H28N4O. The fraction of sp³-hybridized carbons (Fsp3) is 0.500. The Labute approximate surface area is 150 Å². The van der Waals surface area contributed by atoms with Crippen LogP contribution in [-0.4, -0.2) is 52.3 Å². The Balaban J connectivity index is 1.44. The van der Waals surface area contributed by atoms with Crippen LogP contribution in [0.3, 0.4) is 0 Å². The minimum absolute atomic E-state index is 0.230. The molecule has 1 unspecified atom stereocenters. The number of hydrogen-bond acceptors (Lipinski definition) is 5. The average Bonchev–Trinajstić information content (AvgIpc) is 2.64. The monoisotopic (exact) mass is 340 g/mol. The van der Waals surface area contributed by atoms with Crippen molar-refractivity contribution in [2.45, 2.75) is 32.4 Å². The number of β-amino-alcohol motifs (C(OH)–C–C–N with tert-alkyl or cyclic N) is 1. The Hall–Kier alpha value is -1.82. The number of rotatable bonds is 7. The number of hydrogen-bond donors (Lipinski definition) is 2. The number of aliphatic hydroxyl groups excluding tert-OH is 1. The third kappa shape index (κ3) is 5.59. The van der Waals surface area contributed by atoms with Gasteiger partial charge in [-0.2, -0.15) is 0 Å². The van der Waals surface area contributed by atoms with Gasteiger partial charge >= 0.3 is 0 Å². The zero-order chi connectivity index (χ0) is 17.5. The van der Waals surface area contributed by atoms with Gasteiger partial charge in [0.2, 0.25) is 0 Å². The zero-order valence-corrected chi connectivity index (χ0v) is 14.9. The van der Waals surface area contributed by atoms with Gasteiger partial charge in [-0.1, -0.05) is 30.3 Å². The number of piperidine rings is 1. The molecule has 2 heterocycles. The molecule has 1 aliphatic heterocycles. The highest BCUT2D eigenvalue weighted by atomic mass is 16.3. The highest BCUT2D eigenvalue weighted by Crippen LogP contribution is 2.17. The van der Waals surface area contributed by atoms with Crippen LogP contribution in [0.4, 0.5) is 0 Å². The van der Waals surface area contributed by atoms with E-state index in [2.05, 4.69) is 20.2 Å². The molecule has 0 bridgehead atoms. The molecule has 1 aromatic heterocycles. The Morgan fingerprint density at radius 3 is 2.68 bits per heavy atom. The lowest BCUT2D eigenvalue weighted by Gasteiger charge is -2.32. The number of likely N-dealkylation sites (tertiary alicyclic amines) is 1. The first-order valence-electron chi connectivity index (χ1n) is 9.19. The summed E-state index contributed by atoms with van der Waals surface area (Å²) in [5.41, 5.74) is 2.08. The van der Waals surface area contributed by atoms with Gasteiger partial charge in [-0.3, -0.25) is 0 Å². The van der Waals surface area contributed by atoms with Crippen molar-refractivity contribution in [1.29, 1.82) is 0 Å². The third-order valence-electron chi connectivity index (χ3n) is 4.71. The highest BCUT2D eigenvalue weighted by molar-refractivity contribution is 5.54. The van der Waals surface area contributed by atoms with Crippen molar-refractivity contribution < 1.29 is 5.11 Å². The fourth-order valence-electron chi connectivity index (χ4n) is 3.37. The van der Waals surface area contributed by atoms with Gasteiger partial charge in [0, 0.05) is 24.8 Å². The van der Waals surface area contributed by atoms with Gasteiger partial charge in [0.15, 0.2) is 5.82 Å². The summed E-state index contributed by atoms with van der Waals surface area (Å²) >= 11 is 0. The summed E-state index contributed by atoms with van der Waals surface area (Å²) in [5.74, 6) is 1.49. The summed E-state index contributed by atoms with van der Waals surface area (Å²) in [7, 11) is 0. The molecule has 1 fully saturated rings. The molecule has 0 radical (unpaired) electrons. The van der Waals surface area contributed by atoms with E-state index in [1.165, 1.54) is 12.8 Å². The Morgan fingerprint density at radius 1 is 1.20 bits per heavy atom. The van der Waals surface area contributed by atoms with Crippen molar-refractivity contribution in [3.63, 3.8) is 0 Å². The second-order valence-electron chi connectivity index (χ2n) is 6.96. The number of nitrogens with zero attached hydrogens (tertiary/aromatic N) is 3. The first kappa shape index (κ1) is 18.0. The summed E-state index contributed by atoms with van der Waals surface area (Å²) in [6, 6.07) is 12.1. The van der Waals surface area contributed by atoms with E-state index in [1.54, 1.807) is 0 Å². The molecule has 5 heteroatoms. The van der Waals surface area contributed by atoms with Crippen LogP contribution in [0.15, 0.2) is 42.6 Å². The zero-order valence-electron chi connectivity index (χ0n) is 14.9. The number of aliphatic hydroxyl groups is 1. The molecule has 134 valence electrons.